The van der Waals surface area contributed by atoms with Crippen molar-refractivity contribution in [2.45, 2.75) is 13.8 Å². The van der Waals surface area contributed by atoms with Crippen molar-refractivity contribution in [1.82, 2.24) is 0 Å². The van der Waals surface area contributed by atoms with Crippen molar-refractivity contribution >= 4 is 28.9 Å². The van der Waals surface area contributed by atoms with E-state index in [-0.39, 0.29) is 5.57 Å². The Morgan fingerprint density at radius 3 is 2.65 bits per heavy atom. The lowest BCUT2D eigenvalue weighted by Crippen LogP contribution is -2.15. The number of hydrogen-bond donors (Lipinski definition) is 2. The second-order valence-electron chi connectivity index (χ2n) is 5.10. The van der Waals surface area contributed by atoms with Crippen LogP contribution in [-0.4, -0.2) is 5.91 Å². The van der Waals surface area contributed by atoms with Crippen molar-refractivity contribution in [3.05, 3.63) is 70.4 Å². The molecule has 0 aliphatic rings. The molecule has 0 saturated carbocycles. The minimum atomic E-state index is -0.464. The monoisotopic (exact) mass is 325 g/mol. The van der Waals surface area contributed by atoms with Crippen molar-refractivity contribution in [2.24, 2.45) is 0 Å². The summed E-state index contributed by atoms with van der Waals surface area (Å²) in [6.45, 7) is 3.89. The summed E-state index contributed by atoms with van der Waals surface area (Å²) in [5.74, 6) is -0.464. The smallest absolute Gasteiger partial charge is 0.267 e. The zero-order chi connectivity index (χ0) is 16.8. The lowest BCUT2D eigenvalue weighted by molar-refractivity contribution is -0.112. The van der Waals surface area contributed by atoms with E-state index < -0.39 is 5.91 Å². The standard InChI is InChI=1S/C18H16ClN3O/c1-12-6-7-17(13(2)8-12)22-18(23)14(10-20)11-21-16-5-3-4-15(19)9-16/h3-9,11,21H,1-2H3,(H,22,23)/b14-11-. The van der Waals surface area contributed by atoms with Crippen molar-refractivity contribution in [1.29, 1.82) is 5.26 Å². The minimum Gasteiger partial charge on any atom is -0.360 e. The molecule has 0 aromatic heterocycles. The molecular weight excluding hydrogens is 310 g/mol. The van der Waals surface area contributed by atoms with Crippen LogP contribution in [0.3, 0.4) is 0 Å². The average Bonchev–Trinajstić information content (AvgIpc) is 2.51. The fraction of sp³-hybridized carbons (Fsp3) is 0.111. The molecule has 2 aromatic carbocycles. The van der Waals surface area contributed by atoms with E-state index in [2.05, 4.69) is 10.6 Å². The van der Waals surface area contributed by atoms with Crippen LogP contribution >= 0.6 is 11.6 Å². The summed E-state index contributed by atoms with van der Waals surface area (Å²) in [7, 11) is 0. The van der Waals surface area contributed by atoms with Gasteiger partial charge in [-0.1, -0.05) is 35.4 Å². The number of carbonyl (C=O) groups excluding carboxylic acids is 1. The summed E-state index contributed by atoms with van der Waals surface area (Å²) in [4.78, 5) is 12.2. The van der Waals surface area contributed by atoms with Crippen LogP contribution in [-0.2, 0) is 4.79 Å². The highest BCUT2D eigenvalue weighted by atomic mass is 35.5. The van der Waals surface area contributed by atoms with E-state index in [1.165, 1.54) is 6.20 Å². The predicted octanol–water partition coefficient (Wildman–Crippen LogP) is 4.41. The Balaban J connectivity index is 2.12. The first-order chi connectivity index (χ1) is 11.0. The molecule has 0 saturated heterocycles. The van der Waals surface area contributed by atoms with Crippen LogP contribution in [0.5, 0.6) is 0 Å². The summed E-state index contributed by atoms with van der Waals surface area (Å²) < 4.78 is 0. The molecule has 0 aliphatic carbocycles. The molecule has 0 bridgehead atoms. The van der Waals surface area contributed by atoms with Crippen LogP contribution in [0.4, 0.5) is 11.4 Å². The number of halogens is 1. The van der Waals surface area contributed by atoms with Gasteiger partial charge in [0, 0.05) is 22.6 Å². The van der Waals surface area contributed by atoms with Crippen LogP contribution in [0.2, 0.25) is 5.02 Å². The fourth-order valence-corrected chi connectivity index (χ4v) is 2.22. The number of nitrogens with one attached hydrogen (secondary N) is 2. The molecule has 0 aliphatic heterocycles. The first-order valence-electron chi connectivity index (χ1n) is 7.00. The maximum absolute atomic E-state index is 12.2. The zero-order valence-electron chi connectivity index (χ0n) is 12.9. The van der Waals surface area contributed by atoms with Gasteiger partial charge >= 0.3 is 0 Å². The van der Waals surface area contributed by atoms with Gasteiger partial charge in [0.25, 0.3) is 5.91 Å². The van der Waals surface area contributed by atoms with Crippen molar-refractivity contribution in [3.63, 3.8) is 0 Å². The molecule has 0 radical (unpaired) electrons. The van der Waals surface area contributed by atoms with E-state index in [4.69, 9.17) is 11.6 Å². The molecular formula is C18H16ClN3O. The van der Waals surface area contributed by atoms with E-state index in [1.807, 2.05) is 38.1 Å². The third kappa shape index (κ3) is 4.60. The minimum absolute atomic E-state index is 0.0232. The molecule has 116 valence electrons. The lowest BCUT2D eigenvalue weighted by atomic mass is 10.1. The number of rotatable bonds is 4. The molecule has 5 heteroatoms. The molecule has 0 atom stereocenters. The summed E-state index contributed by atoms with van der Waals surface area (Å²) >= 11 is 5.89. The Bertz CT molecular complexity index is 806. The van der Waals surface area contributed by atoms with Crippen molar-refractivity contribution < 1.29 is 4.79 Å². The molecule has 0 heterocycles. The third-order valence-electron chi connectivity index (χ3n) is 3.20. The van der Waals surface area contributed by atoms with Gasteiger partial charge in [0.15, 0.2) is 0 Å². The largest absolute Gasteiger partial charge is 0.360 e. The lowest BCUT2D eigenvalue weighted by Gasteiger charge is -2.09. The predicted molar refractivity (Wildman–Crippen MR) is 93.3 cm³/mol. The summed E-state index contributed by atoms with van der Waals surface area (Å²) in [6, 6.07) is 14.6. The molecule has 0 unspecified atom stereocenters. The maximum Gasteiger partial charge on any atom is 0.267 e. The highest BCUT2D eigenvalue weighted by Gasteiger charge is 2.10. The fourth-order valence-electron chi connectivity index (χ4n) is 2.03. The van der Waals surface area contributed by atoms with Crippen LogP contribution in [0.15, 0.2) is 54.2 Å². The summed E-state index contributed by atoms with van der Waals surface area (Å²) in [5, 5.41) is 15.4. The van der Waals surface area contributed by atoms with Crippen molar-refractivity contribution in [2.75, 3.05) is 10.6 Å². The van der Waals surface area contributed by atoms with Gasteiger partial charge in [0.1, 0.15) is 11.6 Å². The molecule has 23 heavy (non-hydrogen) atoms. The topological polar surface area (TPSA) is 64.9 Å². The van der Waals surface area contributed by atoms with Gasteiger partial charge in [-0.2, -0.15) is 5.26 Å². The number of benzene rings is 2. The third-order valence-corrected chi connectivity index (χ3v) is 3.44. The summed E-state index contributed by atoms with van der Waals surface area (Å²) in [6.07, 6.45) is 1.37. The van der Waals surface area contributed by atoms with Crippen LogP contribution in [0, 0.1) is 25.2 Å². The van der Waals surface area contributed by atoms with Crippen LogP contribution < -0.4 is 10.6 Å². The van der Waals surface area contributed by atoms with Gasteiger partial charge in [0.05, 0.1) is 0 Å². The molecule has 4 nitrogen and oxygen atoms in total. The number of nitrogens with zero attached hydrogens (tertiary/aromatic N) is 1. The number of anilines is 2. The van der Waals surface area contributed by atoms with Gasteiger partial charge in [-0.05, 0) is 43.7 Å². The first kappa shape index (κ1) is 16.6. The first-order valence-corrected chi connectivity index (χ1v) is 7.38. The highest BCUT2D eigenvalue weighted by molar-refractivity contribution is 6.30. The van der Waals surface area contributed by atoms with E-state index >= 15 is 0 Å². The number of aryl methyl sites for hydroxylation is 2. The maximum atomic E-state index is 12.2. The number of hydrogen-bond acceptors (Lipinski definition) is 3. The van der Waals surface area contributed by atoms with E-state index in [1.54, 1.807) is 24.3 Å². The number of amides is 1. The SMILES string of the molecule is Cc1ccc(NC(=O)/C(C#N)=C\Nc2cccc(Cl)c2)c(C)c1. The Morgan fingerprint density at radius 1 is 1.22 bits per heavy atom. The van der Waals surface area contributed by atoms with E-state index in [9.17, 15) is 10.1 Å². The van der Waals surface area contributed by atoms with Gasteiger partial charge in [0.2, 0.25) is 0 Å². The van der Waals surface area contributed by atoms with E-state index in [0.717, 1.165) is 11.1 Å². The Labute approximate surface area is 140 Å². The normalized spacial score (nSPS) is 10.8. The molecule has 0 spiro atoms. The van der Waals surface area contributed by atoms with Gasteiger partial charge in [-0.25, -0.2) is 0 Å². The highest BCUT2D eigenvalue weighted by Crippen LogP contribution is 2.18. The van der Waals surface area contributed by atoms with Gasteiger partial charge in [-0.3, -0.25) is 4.79 Å². The molecule has 2 aromatic rings. The summed E-state index contributed by atoms with van der Waals surface area (Å²) in [5.41, 5.74) is 3.41. The second kappa shape index (κ2) is 7.48. The Morgan fingerprint density at radius 2 is 2.00 bits per heavy atom. The molecule has 2 N–H and O–H groups in total. The van der Waals surface area contributed by atoms with Crippen LogP contribution in [0.1, 0.15) is 11.1 Å². The molecule has 0 fully saturated rings. The van der Waals surface area contributed by atoms with Gasteiger partial charge < -0.3 is 10.6 Å². The quantitative estimate of drug-likeness (QED) is 0.646. The van der Waals surface area contributed by atoms with Crippen molar-refractivity contribution in [3.8, 4) is 6.07 Å². The Kier molecular flexibility index (Phi) is 5.40. The average molecular weight is 326 g/mol. The molecule has 2 rings (SSSR count). The molecule has 1 amide bonds. The number of carbonyl (C=O) groups is 1. The second-order valence-corrected chi connectivity index (χ2v) is 5.53. The number of nitriles is 1. The van der Waals surface area contributed by atoms with Gasteiger partial charge in [-0.15, -0.1) is 0 Å². The zero-order valence-corrected chi connectivity index (χ0v) is 13.6. The Hall–Kier alpha value is -2.77. The van der Waals surface area contributed by atoms with Crippen LogP contribution in [0.25, 0.3) is 0 Å². The van der Waals surface area contributed by atoms with E-state index in [0.29, 0.717) is 16.4 Å².